The van der Waals surface area contributed by atoms with Crippen LogP contribution in [0.25, 0.3) is 0 Å². The van der Waals surface area contributed by atoms with Gasteiger partial charge in [0.1, 0.15) is 11.8 Å². The summed E-state index contributed by atoms with van der Waals surface area (Å²) >= 11 is 0. The van der Waals surface area contributed by atoms with Gasteiger partial charge in [-0.3, -0.25) is 4.79 Å². The zero-order valence-electron chi connectivity index (χ0n) is 12.5. The standard InChI is InChI=1S/C15H22N2O4/c1-3-9(2)12(15(19)20)16-14(18)13-10-7-5-4-6-8-11(10)21-17-13/h9,12H,3-8H2,1-2H3,(H,16,18)(H,19,20)/t9-,12-/m0/s1. The van der Waals surface area contributed by atoms with Gasteiger partial charge < -0.3 is 14.9 Å². The lowest BCUT2D eigenvalue weighted by Gasteiger charge is -2.19. The number of aromatic nitrogens is 1. The van der Waals surface area contributed by atoms with Gasteiger partial charge in [0.15, 0.2) is 5.69 Å². The van der Waals surface area contributed by atoms with Gasteiger partial charge in [-0.1, -0.05) is 31.8 Å². The lowest BCUT2D eigenvalue weighted by Crippen LogP contribution is -2.45. The van der Waals surface area contributed by atoms with Crippen LogP contribution >= 0.6 is 0 Å². The van der Waals surface area contributed by atoms with Crippen LogP contribution < -0.4 is 5.32 Å². The molecule has 0 spiro atoms. The van der Waals surface area contributed by atoms with E-state index in [0.29, 0.717) is 6.42 Å². The molecular weight excluding hydrogens is 272 g/mol. The Labute approximate surface area is 123 Å². The second-order valence-corrected chi connectivity index (χ2v) is 5.67. The summed E-state index contributed by atoms with van der Waals surface area (Å²) < 4.78 is 5.26. The highest BCUT2D eigenvalue weighted by atomic mass is 16.5. The van der Waals surface area contributed by atoms with E-state index in [9.17, 15) is 14.7 Å². The van der Waals surface area contributed by atoms with Crippen LogP contribution in [-0.2, 0) is 17.6 Å². The Morgan fingerprint density at radius 2 is 2.05 bits per heavy atom. The molecule has 1 aromatic heterocycles. The van der Waals surface area contributed by atoms with Crippen molar-refractivity contribution in [1.29, 1.82) is 0 Å². The number of hydrogen-bond acceptors (Lipinski definition) is 4. The Hall–Kier alpha value is -1.85. The summed E-state index contributed by atoms with van der Waals surface area (Å²) in [5.41, 5.74) is 1.10. The van der Waals surface area contributed by atoms with Gasteiger partial charge in [-0.2, -0.15) is 0 Å². The molecule has 2 rings (SSSR count). The second kappa shape index (κ2) is 6.74. The largest absolute Gasteiger partial charge is 0.480 e. The summed E-state index contributed by atoms with van der Waals surface area (Å²) in [6, 6.07) is -0.902. The first-order valence-corrected chi connectivity index (χ1v) is 7.55. The van der Waals surface area contributed by atoms with Crippen LogP contribution in [-0.4, -0.2) is 28.2 Å². The Morgan fingerprint density at radius 3 is 2.71 bits per heavy atom. The van der Waals surface area contributed by atoms with Gasteiger partial charge in [-0.05, 0) is 25.2 Å². The number of nitrogens with zero attached hydrogens (tertiary/aromatic N) is 1. The summed E-state index contributed by atoms with van der Waals surface area (Å²) in [7, 11) is 0. The fourth-order valence-corrected chi connectivity index (χ4v) is 2.63. The lowest BCUT2D eigenvalue weighted by atomic mass is 9.99. The molecule has 0 unspecified atom stereocenters. The van der Waals surface area contributed by atoms with E-state index in [4.69, 9.17) is 4.52 Å². The van der Waals surface area contributed by atoms with E-state index in [0.717, 1.165) is 43.4 Å². The van der Waals surface area contributed by atoms with E-state index in [2.05, 4.69) is 10.5 Å². The predicted octanol–water partition coefficient (Wildman–Crippen LogP) is 2.17. The summed E-state index contributed by atoms with van der Waals surface area (Å²) in [6.45, 7) is 3.71. The maximum Gasteiger partial charge on any atom is 0.326 e. The predicted molar refractivity (Wildman–Crippen MR) is 76.1 cm³/mol. The van der Waals surface area contributed by atoms with Gasteiger partial charge in [0.25, 0.3) is 5.91 Å². The molecule has 21 heavy (non-hydrogen) atoms. The number of rotatable bonds is 5. The molecule has 0 fully saturated rings. The first-order chi connectivity index (χ1) is 10.0. The zero-order valence-corrected chi connectivity index (χ0v) is 12.5. The highest BCUT2D eigenvalue weighted by Gasteiger charge is 2.29. The number of carboxylic acids is 1. The molecule has 1 aliphatic carbocycles. The monoisotopic (exact) mass is 294 g/mol. The van der Waals surface area contributed by atoms with E-state index < -0.39 is 17.9 Å². The molecule has 1 amide bonds. The molecule has 6 nitrogen and oxygen atoms in total. The van der Waals surface area contributed by atoms with E-state index in [1.54, 1.807) is 0 Å². The average molecular weight is 294 g/mol. The van der Waals surface area contributed by atoms with Crippen molar-refractivity contribution >= 4 is 11.9 Å². The number of nitrogens with one attached hydrogen (secondary N) is 1. The van der Waals surface area contributed by atoms with E-state index >= 15 is 0 Å². The van der Waals surface area contributed by atoms with Crippen molar-refractivity contribution in [3.05, 3.63) is 17.0 Å². The molecule has 0 saturated heterocycles. The number of carbonyl (C=O) groups excluding carboxylic acids is 1. The topological polar surface area (TPSA) is 92.4 Å². The number of fused-ring (bicyclic) bond motifs is 1. The minimum atomic E-state index is -1.02. The lowest BCUT2D eigenvalue weighted by molar-refractivity contribution is -0.140. The molecular formula is C15H22N2O4. The SMILES string of the molecule is CC[C@H](C)[C@H](NC(=O)c1noc2c1CCCCC2)C(=O)O. The Kier molecular flexibility index (Phi) is 4.98. The Morgan fingerprint density at radius 1 is 1.33 bits per heavy atom. The van der Waals surface area contributed by atoms with Crippen molar-refractivity contribution in [2.45, 2.75) is 58.4 Å². The normalized spacial score (nSPS) is 17.4. The number of hydrogen-bond donors (Lipinski definition) is 2. The van der Waals surface area contributed by atoms with E-state index in [1.807, 2.05) is 13.8 Å². The van der Waals surface area contributed by atoms with Gasteiger partial charge in [-0.15, -0.1) is 0 Å². The number of aryl methyl sites for hydroxylation is 1. The molecule has 116 valence electrons. The molecule has 1 aromatic rings. The van der Waals surface area contributed by atoms with Crippen molar-refractivity contribution in [2.75, 3.05) is 0 Å². The molecule has 6 heteroatoms. The van der Waals surface area contributed by atoms with Crippen LogP contribution in [0.4, 0.5) is 0 Å². The Bertz CT molecular complexity index is 524. The number of amides is 1. The maximum absolute atomic E-state index is 12.3. The first-order valence-electron chi connectivity index (χ1n) is 7.55. The molecule has 0 aliphatic heterocycles. The van der Waals surface area contributed by atoms with Gasteiger partial charge >= 0.3 is 5.97 Å². The number of carboxylic acid groups (broad SMARTS) is 1. The van der Waals surface area contributed by atoms with Crippen LogP contribution in [0.1, 0.15) is 61.3 Å². The van der Waals surface area contributed by atoms with Gasteiger partial charge in [0, 0.05) is 12.0 Å². The highest BCUT2D eigenvalue weighted by Crippen LogP contribution is 2.23. The third-order valence-electron chi connectivity index (χ3n) is 4.18. The molecule has 0 radical (unpaired) electrons. The maximum atomic E-state index is 12.3. The molecule has 0 saturated carbocycles. The number of aliphatic carboxylic acids is 1. The van der Waals surface area contributed by atoms with Crippen molar-refractivity contribution in [3.63, 3.8) is 0 Å². The molecule has 2 atom stereocenters. The van der Waals surface area contributed by atoms with Crippen molar-refractivity contribution < 1.29 is 19.2 Å². The van der Waals surface area contributed by atoms with Gasteiger partial charge in [0.2, 0.25) is 0 Å². The van der Waals surface area contributed by atoms with E-state index in [-0.39, 0.29) is 11.6 Å². The van der Waals surface area contributed by atoms with Crippen LogP contribution in [0, 0.1) is 5.92 Å². The molecule has 1 aliphatic rings. The van der Waals surface area contributed by atoms with E-state index in [1.165, 1.54) is 0 Å². The van der Waals surface area contributed by atoms with Crippen LogP contribution in [0.3, 0.4) is 0 Å². The first kappa shape index (κ1) is 15.5. The Balaban J connectivity index is 2.16. The van der Waals surface area contributed by atoms with Crippen molar-refractivity contribution in [3.8, 4) is 0 Å². The zero-order chi connectivity index (χ0) is 15.4. The van der Waals surface area contributed by atoms with Crippen molar-refractivity contribution in [1.82, 2.24) is 10.5 Å². The summed E-state index contributed by atoms with van der Waals surface area (Å²) in [6.07, 6.45) is 5.38. The quantitative estimate of drug-likeness (QED) is 0.812. The minimum absolute atomic E-state index is 0.142. The third-order valence-corrected chi connectivity index (χ3v) is 4.18. The smallest absolute Gasteiger partial charge is 0.326 e. The van der Waals surface area contributed by atoms with Crippen LogP contribution in [0.2, 0.25) is 0 Å². The average Bonchev–Trinajstić information content (AvgIpc) is 2.72. The minimum Gasteiger partial charge on any atom is -0.480 e. The second-order valence-electron chi connectivity index (χ2n) is 5.67. The third kappa shape index (κ3) is 3.43. The van der Waals surface area contributed by atoms with Gasteiger partial charge in [-0.25, -0.2) is 4.79 Å². The van der Waals surface area contributed by atoms with Gasteiger partial charge in [0.05, 0.1) is 0 Å². The highest BCUT2D eigenvalue weighted by molar-refractivity contribution is 5.96. The fraction of sp³-hybridized carbons (Fsp3) is 0.667. The van der Waals surface area contributed by atoms with Crippen molar-refractivity contribution in [2.24, 2.45) is 5.92 Å². The van der Waals surface area contributed by atoms with Crippen LogP contribution in [0.15, 0.2) is 4.52 Å². The molecule has 2 N–H and O–H groups in total. The summed E-state index contributed by atoms with van der Waals surface area (Å²) in [4.78, 5) is 23.6. The molecule has 0 bridgehead atoms. The number of carbonyl (C=O) groups is 2. The summed E-state index contributed by atoms with van der Waals surface area (Å²) in [5, 5.41) is 15.7. The summed E-state index contributed by atoms with van der Waals surface area (Å²) in [5.74, 6) is -0.841. The van der Waals surface area contributed by atoms with Crippen LogP contribution in [0.5, 0.6) is 0 Å². The molecule has 0 aromatic carbocycles. The molecule has 1 heterocycles. The fourth-order valence-electron chi connectivity index (χ4n) is 2.63.